The molecular formula is C22H24N2O2. The average molecular weight is 348 g/mol. The molecule has 4 heteroatoms. The van der Waals surface area contributed by atoms with E-state index in [1.165, 1.54) is 0 Å². The van der Waals surface area contributed by atoms with Gasteiger partial charge in [0.1, 0.15) is 5.76 Å². The number of anilines is 1. The monoisotopic (exact) mass is 348 g/mol. The molecule has 3 aromatic rings. The number of aryl methyl sites for hydroxylation is 2. The molecule has 1 amide bonds. The van der Waals surface area contributed by atoms with Gasteiger partial charge in [0.2, 0.25) is 5.91 Å². The van der Waals surface area contributed by atoms with Crippen molar-refractivity contribution in [2.75, 3.05) is 11.9 Å². The van der Waals surface area contributed by atoms with Crippen LogP contribution in [0.4, 0.5) is 5.69 Å². The van der Waals surface area contributed by atoms with Gasteiger partial charge < -0.3 is 9.73 Å². The molecule has 0 aliphatic heterocycles. The third-order valence-electron chi connectivity index (χ3n) is 4.43. The van der Waals surface area contributed by atoms with Crippen molar-refractivity contribution < 1.29 is 9.21 Å². The lowest BCUT2D eigenvalue weighted by molar-refractivity contribution is -0.115. The fourth-order valence-corrected chi connectivity index (χ4v) is 3.06. The standard InChI is InChI=1S/C22H24N2O2/c1-3-17-12-7-9-16(2)21(17)24-20(25)15-23-22(19-13-8-14-26-19)18-10-5-4-6-11-18/h4-14,22-23H,3,15H2,1-2H3,(H,24,25)/t22-/m0/s1. The Hall–Kier alpha value is -2.85. The first-order valence-corrected chi connectivity index (χ1v) is 8.89. The van der Waals surface area contributed by atoms with Crippen LogP contribution < -0.4 is 10.6 Å². The van der Waals surface area contributed by atoms with Crippen molar-refractivity contribution in [3.8, 4) is 0 Å². The highest BCUT2D eigenvalue weighted by Crippen LogP contribution is 2.23. The van der Waals surface area contributed by atoms with Crippen LogP contribution in [0.2, 0.25) is 0 Å². The van der Waals surface area contributed by atoms with Gasteiger partial charge in [0.05, 0.1) is 18.8 Å². The Morgan fingerprint density at radius 3 is 2.54 bits per heavy atom. The SMILES string of the molecule is CCc1cccc(C)c1NC(=O)CN[C@@H](c1ccccc1)c1ccco1. The van der Waals surface area contributed by atoms with Crippen molar-refractivity contribution in [3.63, 3.8) is 0 Å². The summed E-state index contributed by atoms with van der Waals surface area (Å²) in [6.45, 7) is 4.29. The van der Waals surface area contributed by atoms with Crippen LogP contribution in [-0.2, 0) is 11.2 Å². The zero-order valence-corrected chi connectivity index (χ0v) is 15.2. The minimum Gasteiger partial charge on any atom is -0.467 e. The minimum absolute atomic E-state index is 0.0681. The molecule has 3 rings (SSSR count). The molecule has 26 heavy (non-hydrogen) atoms. The zero-order valence-electron chi connectivity index (χ0n) is 15.2. The number of rotatable bonds is 7. The lowest BCUT2D eigenvalue weighted by Crippen LogP contribution is -2.32. The van der Waals surface area contributed by atoms with Crippen molar-refractivity contribution in [2.45, 2.75) is 26.3 Å². The molecule has 2 N–H and O–H groups in total. The van der Waals surface area contributed by atoms with Crippen molar-refractivity contribution in [3.05, 3.63) is 89.4 Å². The molecule has 0 bridgehead atoms. The van der Waals surface area contributed by atoms with Gasteiger partial charge in [-0.1, -0.05) is 55.5 Å². The third kappa shape index (κ3) is 4.21. The Bertz CT molecular complexity index is 842. The molecular weight excluding hydrogens is 324 g/mol. The topological polar surface area (TPSA) is 54.3 Å². The summed E-state index contributed by atoms with van der Waals surface area (Å²) in [6, 6.07) is 19.7. The van der Waals surface area contributed by atoms with Crippen molar-refractivity contribution in [1.82, 2.24) is 5.32 Å². The number of nitrogens with one attached hydrogen (secondary N) is 2. The fourth-order valence-electron chi connectivity index (χ4n) is 3.06. The molecule has 2 aromatic carbocycles. The molecule has 0 saturated heterocycles. The molecule has 0 aliphatic rings. The maximum atomic E-state index is 12.5. The summed E-state index contributed by atoms with van der Waals surface area (Å²) in [4.78, 5) is 12.5. The summed E-state index contributed by atoms with van der Waals surface area (Å²) in [7, 11) is 0. The summed E-state index contributed by atoms with van der Waals surface area (Å²) in [5.74, 6) is 0.718. The van der Waals surface area contributed by atoms with Crippen molar-refractivity contribution in [2.24, 2.45) is 0 Å². The molecule has 134 valence electrons. The molecule has 1 aromatic heterocycles. The second-order valence-electron chi connectivity index (χ2n) is 6.25. The lowest BCUT2D eigenvalue weighted by Gasteiger charge is -2.18. The van der Waals surface area contributed by atoms with E-state index < -0.39 is 0 Å². The number of benzene rings is 2. The summed E-state index contributed by atoms with van der Waals surface area (Å²) in [5, 5.41) is 6.36. The Balaban J connectivity index is 1.71. The van der Waals surface area contributed by atoms with E-state index in [0.29, 0.717) is 0 Å². The third-order valence-corrected chi connectivity index (χ3v) is 4.43. The molecule has 1 atom stereocenters. The highest BCUT2D eigenvalue weighted by atomic mass is 16.3. The average Bonchev–Trinajstić information content (AvgIpc) is 3.19. The first-order chi connectivity index (χ1) is 12.7. The molecule has 0 radical (unpaired) electrons. The van der Waals surface area contributed by atoms with E-state index in [0.717, 1.165) is 34.6 Å². The molecule has 0 spiro atoms. The molecule has 4 nitrogen and oxygen atoms in total. The number of furan rings is 1. The summed E-state index contributed by atoms with van der Waals surface area (Å²) >= 11 is 0. The summed E-state index contributed by atoms with van der Waals surface area (Å²) < 4.78 is 5.56. The van der Waals surface area contributed by atoms with Gasteiger partial charge in [-0.05, 0) is 42.2 Å². The van der Waals surface area contributed by atoms with Crippen LogP contribution in [0.3, 0.4) is 0 Å². The highest BCUT2D eigenvalue weighted by molar-refractivity contribution is 5.93. The second kappa shape index (κ2) is 8.50. The van der Waals surface area contributed by atoms with Crippen LogP contribution in [0, 0.1) is 6.92 Å². The van der Waals surface area contributed by atoms with Gasteiger partial charge in [0.15, 0.2) is 0 Å². The van der Waals surface area contributed by atoms with Crippen LogP contribution in [0.1, 0.15) is 35.4 Å². The van der Waals surface area contributed by atoms with Crippen LogP contribution in [0.5, 0.6) is 0 Å². The number of para-hydroxylation sites is 1. The van der Waals surface area contributed by atoms with E-state index in [-0.39, 0.29) is 18.5 Å². The van der Waals surface area contributed by atoms with Gasteiger partial charge in [-0.15, -0.1) is 0 Å². The van der Waals surface area contributed by atoms with Crippen LogP contribution in [0.15, 0.2) is 71.3 Å². The van der Waals surface area contributed by atoms with Gasteiger partial charge in [0.25, 0.3) is 0 Å². The van der Waals surface area contributed by atoms with Gasteiger partial charge in [-0.3, -0.25) is 10.1 Å². The van der Waals surface area contributed by atoms with E-state index >= 15 is 0 Å². The Morgan fingerprint density at radius 1 is 1.04 bits per heavy atom. The van der Waals surface area contributed by atoms with Gasteiger partial charge >= 0.3 is 0 Å². The first-order valence-electron chi connectivity index (χ1n) is 8.89. The van der Waals surface area contributed by atoms with Gasteiger partial charge in [-0.25, -0.2) is 0 Å². The first kappa shape index (κ1) is 18.0. The van der Waals surface area contributed by atoms with Gasteiger partial charge in [0, 0.05) is 5.69 Å². The minimum atomic E-state index is -0.167. The molecule has 0 fully saturated rings. The van der Waals surface area contributed by atoms with Crippen LogP contribution in [0.25, 0.3) is 0 Å². The number of hydrogen-bond acceptors (Lipinski definition) is 3. The number of amides is 1. The van der Waals surface area contributed by atoms with E-state index in [9.17, 15) is 4.79 Å². The Kier molecular flexibility index (Phi) is 5.87. The lowest BCUT2D eigenvalue weighted by atomic mass is 10.0. The number of carbonyl (C=O) groups is 1. The largest absolute Gasteiger partial charge is 0.467 e. The predicted octanol–water partition coefficient (Wildman–Crippen LogP) is 4.47. The van der Waals surface area contributed by atoms with Crippen molar-refractivity contribution >= 4 is 11.6 Å². The quantitative estimate of drug-likeness (QED) is 0.662. The molecule has 1 heterocycles. The van der Waals surface area contributed by atoms with E-state index in [1.54, 1.807) is 6.26 Å². The normalized spacial score (nSPS) is 11.9. The smallest absolute Gasteiger partial charge is 0.238 e. The molecule has 0 aliphatic carbocycles. The zero-order chi connectivity index (χ0) is 18.4. The molecule has 0 unspecified atom stereocenters. The number of carbonyl (C=O) groups excluding carboxylic acids is 1. The fraction of sp³-hybridized carbons (Fsp3) is 0.227. The maximum Gasteiger partial charge on any atom is 0.238 e. The van der Waals surface area contributed by atoms with E-state index in [4.69, 9.17) is 4.42 Å². The van der Waals surface area contributed by atoms with E-state index in [2.05, 4.69) is 17.6 Å². The van der Waals surface area contributed by atoms with Crippen LogP contribution >= 0.6 is 0 Å². The Labute approximate surface area is 154 Å². The highest BCUT2D eigenvalue weighted by Gasteiger charge is 2.18. The summed E-state index contributed by atoms with van der Waals surface area (Å²) in [5.41, 5.74) is 4.18. The van der Waals surface area contributed by atoms with E-state index in [1.807, 2.05) is 67.6 Å². The summed E-state index contributed by atoms with van der Waals surface area (Å²) in [6.07, 6.45) is 2.53. The number of hydrogen-bond donors (Lipinski definition) is 2. The van der Waals surface area contributed by atoms with Crippen molar-refractivity contribution in [1.29, 1.82) is 0 Å². The Morgan fingerprint density at radius 2 is 1.85 bits per heavy atom. The molecule has 0 saturated carbocycles. The second-order valence-corrected chi connectivity index (χ2v) is 6.25. The van der Waals surface area contributed by atoms with Crippen LogP contribution in [-0.4, -0.2) is 12.5 Å². The van der Waals surface area contributed by atoms with Gasteiger partial charge in [-0.2, -0.15) is 0 Å². The maximum absolute atomic E-state index is 12.5. The predicted molar refractivity (Wildman–Crippen MR) is 104 cm³/mol.